The summed E-state index contributed by atoms with van der Waals surface area (Å²) in [6.07, 6.45) is 4.93. The summed E-state index contributed by atoms with van der Waals surface area (Å²) < 4.78 is 5.28. The highest BCUT2D eigenvalue weighted by molar-refractivity contribution is 5.92. The van der Waals surface area contributed by atoms with Gasteiger partial charge in [0, 0.05) is 6.04 Å². The van der Waals surface area contributed by atoms with Gasteiger partial charge in [-0.15, -0.1) is 0 Å². The molecule has 0 bridgehead atoms. The Bertz CT molecular complexity index is 764. The lowest BCUT2D eigenvalue weighted by molar-refractivity contribution is -0.125. The maximum absolute atomic E-state index is 12.5. The fourth-order valence-corrected chi connectivity index (χ4v) is 3.57. The van der Waals surface area contributed by atoms with Crippen LogP contribution in [0.3, 0.4) is 0 Å². The number of carbonyl (C=O) groups is 2. The van der Waals surface area contributed by atoms with Crippen LogP contribution in [0.2, 0.25) is 0 Å². The molecule has 1 amide bonds. The molecule has 0 unspecified atom stereocenters. The van der Waals surface area contributed by atoms with Gasteiger partial charge >= 0.3 is 5.97 Å². The Morgan fingerprint density at radius 3 is 2.37 bits per heavy atom. The van der Waals surface area contributed by atoms with Crippen molar-refractivity contribution in [2.24, 2.45) is 5.92 Å². The van der Waals surface area contributed by atoms with Gasteiger partial charge in [0.2, 0.25) is 0 Å². The Balaban J connectivity index is 1.54. The van der Waals surface area contributed by atoms with Crippen molar-refractivity contribution < 1.29 is 14.3 Å². The molecule has 0 heterocycles. The van der Waals surface area contributed by atoms with Gasteiger partial charge in [0.25, 0.3) is 5.91 Å². The minimum Gasteiger partial charge on any atom is -0.452 e. The average Bonchev–Trinajstić information content (AvgIpc) is 2.69. The zero-order valence-corrected chi connectivity index (χ0v) is 15.8. The van der Waals surface area contributed by atoms with Gasteiger partial charge in [-0.05, 0) is 55.2 Å². The van der Waals surface area contributed by atoms with Crippen molar-refractivity contribution in [1.82, 2.24) is 5.32 Å². The van der Waals surface area contributed by atoms with Crippen molar-refractivity contribution in [3.05, 3.63) is 71.3 Å². The highest BCUT2D eigenvalue weighted by Gasteiger charge is 2.20. The predicted molar refractivity (Wildman–Crippen MR) is 106 cm³/mol. The fraction of sp³-hybridized carbons (Fsp3) is 0.391. The van der Waals surface area contributed by atoms with Crippen molar-refractivity contribution in [2.45, 2.75) is 45.1 Å². The zero-order valence-electron chi connectivity index (χ0n) is 15.8. The van der Waals surface area contributed by atoms with E-state index in [1.54, 1.807) is 6.07 Å². The number of hydrogen-bond donors (Lipinski definition) is 1. The van der Waals surface area contributed by atoms with Crippen LogP contribution >= 0.6 is 0 Å². The first-order valence-corrected chi connectivity index (χ1v) is 9.70. The molecular formula is C23H27NO3. The molecule has 3 rings (SSSR count). The summed E-state index contributed by atoms with van der Waals surface area (Å²) in [6, 6.07) is 17.6. The number of hydrogen-bond acceptors (Lipinski definition) is 3. The van der Waals surface area contributed by atoms with Crippen LogP contribution in [-0.4, -0.2) is 24.5 Å². The first kappa shape index (κ1) is 19.2. The minimum absolute atomic E-state index is 0.206. The lowest BCUT2D eigenvalue weighted by Gasteiger charge is -2.26. The van der Waals surface area contributed by atoms with Crippen molar-refractivity contribution in [2.75, 3.05) is 6.61 Å². The van der Waals surface area contributed by atoms with Gasteiger partial charge in [0.1, 0.15) is 0 Å². The predicted octanol–water partition coefficient (Wildman–Crippen LogP) is 4.13. The number of nitrogens with one attached hydrogen (secondary N) is 1. The molecule has 0 atom stereocenters. The van der Waals surface area contributed by atoms with Gasteiger partial charge in [-0.3, -0.25) is 4.79 Å². The SMILES string of the molecule is CC1CCC(NC(=O)COC(=O)c2ccccc2Cc2ccccc2)CC1. The molecule has 1 saturated carbocycles. The summed E-state index contributed by atoms with van der Waals surface area (Å²) in [7, 11) is 0. The van der Waals surface area contributed by atoms with Gasteiger partial charge in [-0.2, -0.15) is 0 Å². The summed E-state index contributed by atoms with van der Waals surface area (Å²) in [4.78, 5) is 24.6. The van der Waals surface area contributed by atoms with Crippen molar-refractivity contribution in [3.63, 3.8) is 0 Å². The molecule has 1 fully saturated rings. The van der Waals surface area contributed by atoms with Crippen LogP contribution in [-0.2, 0) is 16.0 Å². The average molecular weight is 365 g/mol. The third-order valence-corrected chi connectivity index (χ3v) is 5.19. The Labute approximate surface area is 160 Å². The zero-order chi connectivity index (χ0) is 19.1. The summed E-state index contributed by atoms with van der Waals surface area (Å²) in [5, 5.41) is 2.98. The van der Waals surface area contributed by atoms with E-state index in [0.717, 1.165) is 42.7 Å². The van der Waals surface area contributed by atoms with Gasteiger partial charge in [0.05, 0.1) is 5.56 Å². The fourth-order valence-electron chi connectivity index (χ4n) is 3.57. The molecular weight excluding hydrogens is 338 g/mol. The van der Waals surface area contributed by atoms with Crippen LogP contribution in [0.4, 0.5) is 0 Å². The van der Waals surface area contributed by atoms with Gasteiger partial charge in [0.15, 0.2) is 6.61 Å². The first-order valence-electron chi connectivity index (χ1n) is 9.70. The van der Waals surface area contributed by atoms with Crippen LogP contribution in [0.1, 0.15) is 54.1 Å². The molecule has 2 aromatic carbocycles. The highest BCUT2D eigenvalue weighted by Crippen LogP contribution is 2.23. The Morgan fingerprint density at radius 2 is 1.63 bits per heavy atom. The Morgan fingerprint density at radius 1 is 0.963 bits per heavy atom. The second-order valence-corrected chi connectivity index (χ2v) is 7.42. The third-order valence-electron chi connectivity index (χ3n) is 5.19. The second kappa shape index (κ2) is 9.36. The second-order valence-electron chi connectivity index (χ2n) is 7.42. The number of carbonyl (C=O) groups excluding carboxylic acids is 2. The maximum atomic E-state index is 12.5. The monoisotopic (exact) mass is 365 g/mol. The van der Waals surface area contributed by atoms with E-state index in [1.807, 2.05) is 48.5 Å². The first-order chi connectivity index (χ1) is 13.1. The molecule has 0 saturated heterocycles. The van der Waals surface area contributed by atoms with E-state index in [9.17, 15) is 9.59 Å². The summed E-state index contributed by atoms with van der Waals surface area (Å²) >= 11 is 0. The lowest BCUT2D eigenvalue weighted by atomic mass is 9.87. The molecule has 0 aromatic heterocycles. The standard InChI is InChI=1S/C23H27NO3/c1-17-11-13-20(14-12-17)24-22(25)16-27-23(26)21-10-6-5-9-19(21)15-18-7-3-2-4-8-18/h2-10,17,20H,11-16H2,1H3,(H,24,25). The molecule has 142 valence electrons. The molecule has 0 aliphatic heterocycles. The molecule has 4 nitrogen and oxygen atoms in total. The van der Waals surface area contributed by atoms with Crippen LogP contribution in [0.15, 0.2) is 54.6 Å². The smallest absolute Gasteiger partial charge is 0.338 e. The third kappa shape index (κ3) is 5.68. The molecule has 1 aliphatic carbocycles. The topological polar surface area (TPSA) is 55.4 Å². The normalized spacial score (nSPS) is 19.3. The molecule has 1 aliphatic rings. The van der Waals surface area contributed by atoms with Crippen molar-refractivity contribution in [3.8, 4) is 0 Å². The summed E-state index contributed by atoms with van der Waals surface area (Å²) in [5.41, 5.74) is 2.54. The molecule has 2 aromatic rings. The van der Waals surface area contributed by atoms with Gasteiger partial charge in [-0.25, -0.2) is 4.79 Å². The highest BCUT2D eigenvalue weighted by atomic mass is 16.5. The van der Waals surface area contributed by atoms with Gasteiger partial charge < -0.3 is 10.1 Å². The number of ether oxygens (including phenoxy) is 1. The molecule has 0 radical (unpaired) electrons. The van der Waals surface area contributed by atoms with E-state index in [1.165, 1.54) is 0 Å². The lowest BCUT2D eigenvalue weighted by Crippen LogP contribution is -2.39. The largest absolute Gasteiger partial charge is 0.452 e. The molecule has 0 spiro atoms. The maximum Gasteiger partial charge on any atom is 0.338 e. The van der Waals surface area contributed by atoms with Crippen molar-refractivity contribution in [1.29, 1.82) is 0 Å². The number of rotatable bonds is 6. The quantitative estimate of drug-likeness (QED) is 0.783. The summed E-state index contributed by atoms with van der Waals surface area (Å²) in [5.74, 6) is 0.0643. The Kier molecular flexibility index (Phi) is 6.64. The van der Waals surface area contributed by atoms with Crippen molar-refractivity contribution >= 4 is 11.9 Å². The summed E-state index contributed by atoms with van der Waals surface area (Å²) in [6.45, 7) is 2.01. The van der Waals surface area contributed by atoms with Crippen LogP contribution in [0.5, 0.6) is 0 Å². The number of benzene rings is 2. The van der Waals surface area contributed by atoms with Gasteiger partial charge in [-0.1, -0.05) is 55.5 Å². The minimum atomic E-state index is -0.450. The van der Waals surface area contributed by atoms with E-state index >= 15 is 0 Å². The number of esters is 1. The van der Waals surface area contributed by atoms with E-state index in [-0.39, 0.29) is 18.6 Å². The molecule has 27 heavy (non-hydrogen) atoms. The van der Waals surface area contributed by atoms with Crippen LogP contribution in [0, 0.1) is 5.92 Å². The van der Waals surface area contributed by atoms with E-state index < -0.39 is 5.97 Å². The van der Waals surface area contributed by atoms with Crippen LogP contribution < -0.4 is 5.32 Å². The van der Waals surface area contributed by atoms with Crippen LogP contribution in [0.25, 0.3) is 0 Å². The van der Waals surface area contributed by atoms with E-state index in [4.69, 9.17) is 4.74 Å². The molecule has 1 N–H and O–H groups in total. The Hall–Kier alpha value is -2.62. The molecule has 4 heteroatoms. The van der Waals surface area contributed by atoms with E-state index in [0.29, 0.717) is 12.0 Å². The number of amides is 1. The van der Waals surface area contributed by atoms with E-state index in [2.05, 4.69) is 12.2 Å².